The van der Waals surface area contributed by atoms with E-state index >= 15 is 0 Å². The molecule has 3 aromatic carbocycles. The molecule has 4 aromatic rings. The zero-order chi connectivity index (χ0) is 49.5. The molecule has 0 spiro atoms. The summed E-state index contributed by atoms with van der Waals surface area (Å²) in [6.07, 6.45) is 15.8. The van der Waals surface area contributed by atoms with Gasteiger partial charge < -0.3 is 44.3 Å². The van der Waals surface area contributed by atoms with E-state index in [0.29, 0.717) is 61.5 Å². The van der Waals surface area contributed by atoms with E-state index in [-0.39, 0.29) is 43.6 Å². The number of hydrogen-bond donors (Lipinski definition) is 3. The molecule has 0 saturated heterocycles. The fourth-order valence-corrected chi connectivity index (χ4v) is 10.8. The second kappa shape index (κ2) is 25.5. The normalized spacial score (nSPS) is 15.1. The lowest BCUT2D eigenvalue weighted by molar-refractivity contribution is -0.117. The summed E-state index contributed by atoms with van der Waals surface area (Å²) in [4.78, 5) is 46.1. The van der Waals surface area contributed by atoms with Crippen LogP contribution < -0.4 is 20.3 Å². The van der Waals surface area contributed by atoms with Crippen LogP contribution in [0.2, 0.25) is 0 Å². The number of allylic oxidation sites excluding steroid dienone is 3. The van der Waals surface area contributed by atoms with Gasteiger partial charge in [-0.25, -0.2) is 9.78 Å². The smallest absolute Gasteiger partial charge is 0.336 e. The van der Waals surface area contributed by atoms with Gasteiger partial charge in [0.2, 0.25) is 5.91 Å². The number of carbonyl (C=O) groups is 3. The predicted molar refractivity (Wildman–Crippen MR) is 277 cm³/mol. The molecule has 15 heteroatoms. The quantitative estimate of drug-likeness (QED) is 0.0507. The Labute approximate surface area is 421 Å². The van der Waals surface area contributed by atoms with E-state index < -0.39 is 5.97 Å². The van der Waals surface area contributed by atoms with Crippen LogP contribution in [0, 0.1) is 11.3 Å². The van der Waals surface area contributed by atoms with Crippen molar-refractivity contribution < 1.29 is 43.2 Å². The Morgan fingerprint density at radius 2 is 1.61 bits per heavy atom. The number of nitriles is 1. The lowest BCUT2D eigenvalue weighted by Gasteiger charge is -2.37. The maximum absolute atomic E-state index is 13.8. The van der Waals surface area contributed by atoms with Crippen LogP contribution in [0.5, 0.6) is 5.75 Å². The van der Waals surface area contributed by atoms with Crippen molar-refractivity contribution >= 4 is 56.3 Å². The van der Waals surface area contributed by atoms with Crippen molar-refractivity contribution in [2.75, 3.05) is 82.7 Å². The minimum Gasteiger partial charge on any atom is -0.478 e. The number of nitrogens with one attached hydrogen (secondary N) is 2. The van der Waals surface area contributed by atoms with Gasteiger partial charge in [-0.3, -0.25) is 9.59 Å². The van der Waals surface area contributed by atoms with Gasteiger partial charge in [0.1, 0.15) is 17.6 Å². The van der Waals surface area contributed by atoms with Crippen LogP contribution in [0.15, 0.2) is 71.0 Å². The van der Waals surface area contributed by atoms with Crippen LogP contribution in [0.25, 0.3) is 15.8 Å². The molecule has 71 heavy (non-hydrogen) atoms. The number of amides is 2. The number of thiazole rings is 1. The number of carboxylic acid groups (broad SMARTS) is 1. The highest BCUT2D eigenvalue weighted by Gasteiger charge is 2.37. The largest absolute Gasteiger partial charge is 0.478 e. The Balaban J connectivity index is 0.842. The first-order chi connectivity index (χ1) is 34.8. The van der Waals surface area contributed by atoms with E-state index in [9.17, 15) is 19.5 Å². The molecular formula is C56H67N5O9S. The number of nitrogens with zero attached hydrogens (tertiary/aromatic N) is 3. The molecule has 376 valence electrons. The van der Waals surface area contributed by atoms with Crippen molar-refractivity contribution in [1.82, 2.24) is 10.3 Å². The first kappa shape index (κ1) is 51.5. The molecule has 2 amide bonds. The topological polar surface area (TPSA) is 182 Å². The number of fused-ring (bicyclic) bond motifs is 4. The molecule has 0 saturated carbocycles. The number of aryl methyl sites for hydroxylation is 1. The molecule has 3 aliphatic heterocycles. The number of unbranched alkanes of at least 4 members (excludes halogenated alkanes) is 3. The fourth-order valence-electron chi connectivity index (χ4n) is 9.98. The molecule has 0 unspecified atom stereocenters. The van der Waals surface area contributed by atoms with Gasteiger partial charge in [-0.15, -0.1) is 11.3 Å². The number of anilines is 2. The summed E-state index contributed by atoms with van der Waals surface area (Å²) < 4.78 is 30.6. The summed E-state index contributed by atoms with van der Waals surface area (Å²) in [5, 5.41) is 26.1. The summed E-state index contributed by atoms with van der Waals surface area (Å²) >= 11 is 1.28. The monoisotopic (exact) mass is 985 g/mol. The summed E-state index contributed by atoms with van der Waals surface area (Å²) in [5.41, 5.74) is 11.6. The van der Waals surface area contributed by atoms with Crippen molar-refractivity contribution in [2.45, 2.75) is 104 Å². The number of carbonyl (C=O) groups excluding carboxylic acids is 2. The van der Waals surface area contributed by atoms with Crippen molar-refractivity contribution in [3.05, 3.63) is 109 Å². The molecule has 0 radical (unpaired) electrons. The van der Waals surface area contributed by atoms with Gasteiger partial charge in [-0.2, -0.15) is 5.26 Å². The summed E-state index contributed by atoms with van der Waals surface area (Å²) in [7, 11) is 0. The molecule has 8 rings (SSSR count). The Bertz CT molecular complexity index is 2720. The number of benzene rings is 3. The van der Waals surface area contributed by atoms with Crippen LogP contribution in [-0.2, 0) is 36.6 Å². The fraction of sp³-hybridized carbons (Fsp3) is 0.482. The Morgan fingerprint density at radius 1 is 0.845 bits per heavy atom. The SMILES string of the molecule is CCCCCC1=CC2=C(c3cc(C(=O)NCCOCCOCCOCCOCCC(=O)Nc4ccc5nc(C#N)sc5c4)ccc3C(=O)O)c3cc4c5c(c3OC2=C(CCCC)C1)CCCN5CCCC4. The molecule has 0 bridgehead atoms. The van der Waals surface area contributed by atoms with Crippen LogP contribution in [0.1, 0.15) is 139 Å². The van der Waals surface area contributed by atoms with E-state index in [1.165, 1.54) is 39.3 Å². The van der Waals surface area contributed by atoms with E-state index in [1.807, 2.05) is 6.07 Å². The van der Waals surface area contributed by atoms with Gasteiger partial charge in [-0.05, 0) is 123 Å². The van der Waals surface area contributed by atoms with E-state index in [1.54, 1.807) is 36.4 Å². The third-order valence-corrected chi connectivity index (χ3v) is 14.3. The third kappa shape index (κ3) is 13.0. The zero-order valence-electron chi connectivity index (χ0n) is 41.3. The number of carboxylic acids is 1. The summed E-state index contributed by atoms with van der Waals surface area (Å²) in [5.74, 6) is 0.195. The molecule has 0 atom stereocenters. The third-order valence-electron chi connectivity index (χ3n) is 13.4. The molecule has 1 aromatic heterocycles. The minimum atomic E-state index is -1.04. The van der Waals surface area contributed by atoms with Gasteiger partial charge in [0, 0.05) is 58.8 Å². The summed E-state index contributed by atoms with van der Waals surface area (Å²) in [6, 6.07) is 14.6. The van der Waals surface area contributed by atoms with Gasteiger partial charge in [0.15, 0.2) is 5.01 Å². The van der Waals surface area contributed by atoms with Crippen molar-refractivity contribution in [3.63, 3.8) is 0 Å². The van der Waals surface area contributed by atoms with Crippen molar-refractivity contribution in [3.8, 4) is 11.8 Å². The maximum atomic E-state index is 13.8. The zero-order valence-corrected chi connectivity index (χ0v) is 42.1. The first-order valence-electron chi connectivity index (χ1n) is 25.6. The number of hydrogen-bond acceptors (Lipinski definition) is 12. The first-order valence-corrected chi connectivity index (χ1v) is 26.4. The molecule has 1 aliphatic carbocycles. The average Bonchev–Trinajstić information content (AvgIpc) is 3.68. The van der Waals surface area contributed by atoms with Crippen molar-refractivity contribution in [1.29, 1.82) is 5.26 Å². The second-order valence-electron chi connectivity index (χ2n) is 18.5. The highest BCUT2D eigenvalue weighted by atomic mass is 32.1. The van der Waals surface area contributed by atoms with Crippen LogP contribution in [-0.4, -0.2) is 100 Å². The van der Waals surface area contributed by atoms with E-state index in [4.69, 9.17) is 28.9 Å². The number of aromatic carboxylic acids is 1. The van der Waals surface area contributed by atoms with E-state index in [0.717, 1.165) is 135 Å². The Morgan fingerprint density at radius 3 is 2.37 bits per heavy atom. The highest BCUT2D eigenvalue weighted by molar-refractivity contribution is 7.19. The number of aromatic nitrogens is 1. The van der Waals surface area contributed by atoms with Gasteiger partial charge >= 0.3 is 5.97 Å². The maximum Gasteiger partial charge on any atom is 0.336 e. The second-order valence-corrected chi connectivity index (χ2v) is 19.6. The molecular weight excluding hydrogens is 919 g/mol. The average molecular weight is 986 g/mol. The summed E-state index contributed by atoms with van der Waals surface area (Å²) in [6.45, 7) is 9.44. The van der Waals surface area contributed by atoms with Gasteiger partial charge in [0.25, 0.3) is 5.91 Å². The highest BCUT2D eigenvalue weighted by Crippen LogP contribution is 2.53. The van der Waals surface area contributed by atoms with Crippen LogP contribution in [0.3, 0.4) is 0 Å². The van der Waals surface area contributed by atoms with Gasteiger partial charge in [0.05, 0.1) is 75.1 Å². The molecule has 4 aliphatic rings. The predicted octanol–water partition coefficient (Wildman–Crippen LogP) is 10.3. The standard InChI is InChI=1S/C56H67N5O9S/c1-3-5-7-11-37-31-39(12-6-4-2)53-45(32-37)51(46-33-38-13-8-9-21-61-22-10-14-43(52(38)61)54(46)70-53)44-34-40(15-17-42(44)56(64)65)55(63)58-20-24-67-26-28-69-30-29-68-27-25-66-23-19-49(62)59-41-16-18-47-48(35-41)71-50(36-57)60-47/h15-18,32-35H,3-14,19-31H2,1-2H3,(H,58,63)(H,59,62)(H,64,65). The van der Waals surface area contributed by atoms with Crippen LogP contribution in [0.4, 0.5) is 11.4 Å². The van der Waals surface area contributed by atoms with Crippen LogP contribution >= 0.6 is 11.3 Å². The number of ether oxygens (including phenoxy) is 5. The van der Waals surface area contributed by atoms with Crippen molar-refractivity contribution in [2.24, 2.45) is 0 Å². The van der Waals surface area contributed by atoms with E-state index in [2.05, 4.69) is 46.5 Å². The molecule has 4 heterocycles. The lowest BCUT2D eigenvalue weighted by Crippen LogP contribution is -2.31. The molecule has 0 fully saturated rings. The van der Waals surface area contributed by atoms with Gasteiger partial charge in [-0.1, -0.05) is 44.8 Å². The minimum absolute atomic E-state index is 0.155. The Hall–Kier alpha value is -5.89. The number of rotatable bonds is 26. The Kier molecular flexibility index (Phi) is 18.5. The molecule has 3 N–H and O–H groups in total. The lowest BCUT2D eigenvalue weighted by atomic mass is 9.78. The molecule has 14 nitrogen and oxygen atoms in total.